The minimum absolute atomic E-state index is 0.245. The third-order valence-corrected chi connectivity index (χ3v) is 3.97. The van der Waals surface area contributed by atoms with Gasteiger partial charge in [-0.1, -0.05) is 11.6 Å². The molecule has 23 heavy (non-hydrogen) atoms. The van der Waals surface area contributed by atoms with Crippen LogP contribution in [-0.4, -0.2) is 30.2 Å². The number of hydrogen-bond acceptors (Lipinski definition) is 4. The second kappa shape index (κ2) is 4.85. The molecular formula is C15H9ClFN5O. The lowest BCUT2D eigenvalue weighted by atomic mass is 10.2. The Labute approximate surface area is 134 Å². The Morgan fingerprint density at radius 2 is 1.96 bits per heavy atom. The number of carbonyl (C=O) groups excluding carboxylic acids is 1. The van der Waals surface area contributed by atoms with Crippen molar-refractivity contribution in [2.75, 3.05) is 0 Å². The summed E-state index contributed by atoms with van der Waals surface area (Å²) in [6, 6.07) is 5.33. The van der Waals surface area contributed by atoms with Crippen LogP contribution >= 0.6 is 11.6 Å². The standard InChI is InChI=1S/C15H9ClFN5O/c1-21-12-10(6-20-21)22(14-11(12)13(16)18-7-19-14)15(23)8-2-4-9(17)5-3-8/h2-7H,1H3. The zero-order chi connectivity index (χ0) is 16.1. The molecule has 3 aromatic heterocycles. The number of halogens is 2. The average molecular weight is 330 g/mol. The van der Waals surface area contributed by atoms with Gasteiger partial charge in [-0.25, -0.2) is 14.4 Å². The fraction of sp³-hybridized carbons (Fsp3) is 0.0667. The van der Waals surface area contributed by atoms with Gasteiger partial charge in [0, 0.05) is 12.6 Å². The SMILES string of the molecule is Cn1ncc2c1c1c(Cl)ncnc1n2C(=O)c1ccc(F)cc1. The minimum atomic E-state index is -0.407. The van der Waals surface area contributed by atoms with Crippen LogP contribution in [0.25, 0.3) is 22.1 Å². The van der Waals surface area contributed by atoms with Crippen molar-refractivity contribution in [3.8, 4) is 0 Å². The Kier molecular flexibility index (Phi) is 2.92. The van der Waals surface area contributed by atoms with Crippen LogP contribution in [0.15, 0.2) is 36.8 Å². The van der Waals surface area contributed by atoms with Crippen molar-refractivity contribution in [1.82, 2.24) is 24.3 Å². The van der Waals surface area contributed by atoms with Gasteiger partial charge in [0.05, 0.1) is 22.6 Å². The number of nitrogens with zero attached hydrogens (tertiary/aromatic N) is 5. The van der Waals surface area contributed by atoms with Crippen molar-refractivity contribution in [3.63, 3.8) is 0 Å². The second-order valence-corrected chi connectivity index (χ2v) is 5.37. The molecule has 6 nitrogen and oxygen atoms in total. The largest absolute Gasteiger partial charge is 0.268 e. The fourth-order valence-electron chi connectivity index (χ4n) is 2.65. The van der Waals surface area contributed by atoms with Crippen LogP contribution in [0.5, 0.6) is 0 Å². The van der Waals surface area contributed by atoms with E-state index in [0.717, 1.165) is 0 Å². The lowest BCUT2D eigenvalue weighted by molar-refractivity contribution is 0.0969. The number of benzene rings is 1. The lowest BCUT2D eigenvalue weighted by Gasteiger charge is -2.04. The molecule has 4 rings (SSSR count). The van der Waals surface area contributed by atoms with Crippen molar-refractivity contribution >= 4 is 39.6 Å². The molecule has 114 valence electrons. The van der Waals surface area contributed by atoms with E-state index in [0.29, 0.717) is 27.6 Å². The van der Waals surface area contributed by atoms with E-state index in [2.05, 4.69) is 15.1 Å². The van der Waals surface area contributed by atoms with Crippen LogP contribution in [0.1, 0.15) is 10.4 Å². The maximum Gasteiger partial charge on any atom is 0.264 e. The summed E-state index contributed by atoms with van der Waals surface area (Å²) in [7, 11) is 1.75. The third-order valence-electron chi connectivity index (χ3n) is 3.68. The van der Waals surface area contributed by atoms with Crippen molar-refractivity contribution in [2.24, 2.45) is 7.05 Å². The molecule has 0 fully saturated rings. The summed E-state index contributed by atoms with van der Waals surface area (Å²) in [6.45, 7) is 0. The van der Waals surface area contributed by atoms with Gasteiger partial charge in [0.2, 0.25) is 0 Å². The Morgan fingerprint density at radius 1 is 1.22 bits per heavy atom. The van der Waals surface area contributed by atoms with Crippen molar-refractivity contribution < 1.29 is 9.18 Å². The summed E-state index contributed by atoms with van der Waals surface area (Å²) in [5.74, 6) is -0.747. The number of rotatable bonds is 1. The first-order chi connectivity index (χ1) is 11.1. The Hall–Kier alpha value is -2.80. The molecule has 1 aromatic carbocycles. The normalized spacial score (nSPS) is 11.4. The van der Waals surface area contributed by atoms with Crippen molar-refractivity contribution in [2.45, 2.75) is 0 Å². The van der Waals surface area contributed by atoms with Crippen LogP contribution in [-0.2, 0) is 7.05 Å². The maximum absolute atomic E-state index is 13.1. The van der Waals surface area contributed by atoms with Gasteiger partial charge >= 0.3 is 0 Å². The van der Waals surface area contributed by atoms with Crippen molar-refractivity contribution in [1.29, 1.82) is 0 Å². The van der Waals surface area contributed by atoms with Crippen LogP contribution < -0.4 is 0 Å². The van der Waals surface area contributed by atoms with E-state index >= 15 is 0 Å². The molecule has 0 aliphatic heterocycles. The summed E-state index contributed by atoms with van der Waals surface area (Å²) in [4.78, 5) is 21.0. The highest BCUT2D eigenvalue weighted by Gasteiger charge is 2.23. The van der Waals surface area contributed by atoms with Gasteiger partial charge < -0.3 is 0 Å². The molecule has 0 bridgehead atoms. The summed E-state index contributed by atoms with van der Waals surface area (Å²) < 4.78 is 16.1. The Balaban J connectivity index is 2.07. The van der Waals surface area contributed by atoms with E-state index in [-0.39, 0.29) is 11.1 Å². The predicted molar refractivity (Wildman–Crippen MR) is 82.9 cm³/mol. The van der Waals surface area contributed by atoms with Gasteiger partial charge in [-0.2, -0.15) is 5.10 Å². The fourth-order valence-corrected chi connectivity index (χ4v) is 2.87. The highest BCUT2D eigenvalue weighted by Crippen LogP contribution is 2.31. The highest BCUT2D eigenvalue weighted by atomic mass is 35.5. The topological polar surface area (TPSA) is 65.6 Å². The first-order valence-electron chi connectivity index (χ1n) is 6.71. The Morgan fingerprint density at radius 3 is 2.70 bits per heavy atom. The molecule has 4 aromatic rings. The minimum Gasteiger partial charge on any atom is -0.268 e. The van der Waals surface area contributed by atoms with Gasteiger partial charge in [0.15, 0.2) is 5.65 Å². The molecule has 3 heterocycles. The monoisotopic (exact) mass is 329 g/mol. The van der Waals surface area contributed by atoms with E-state index in [1.54, 1.807) is 17.9 Å². The van der Waals surface area contributed by atoms with Gasteiger partial charge in [-0.3, -0.25) is 14.0 Å². The van der Waals surface area contributed by atoms with Gasteiger partial charge in [-0.05, 0) is 24.3 Å². The molecule has 8 heteroatoms. The number of fused-ring (bicyclic) bond motifs is 3. The number of aryl methyl sites for hydroxylation is 1. The molecule has 0 aliphatic carbocycles. The number of carbonyl (C=O) groups is 1. The summed E-state index contributed by atoms with van der Waals surface area (Å²) in [6.07, 6.45) is 2.86. The van der Waals surface area contributed by atoms with Crippen molar-refractivity contribution in [3.05, 3.63) is 53.3 Å². The predicted octanol–water partition coefficient (Wildman–Crippen LogP) is 2.80. The average Bonchev–Trinajstić information content (AvgIpc) is 3.06. The zero-order valence-electron chi connectivity index (χ0n) is 11.9. The summed E-state index contributed by atoms with van der Waals surface area (Å²) in [5, 5.41) is 4.97. The highest BCUT2D eigenvalue weighted by molar-refractivity contribution is 6.36. The third kappa shape index (κ3) is 1.93. The summed E-state index contributed by atoms with van der Waals surface area (Å²) >= 11 is 6.18. The molecule has 0 amide bonds. The first-order valence-corrected chi connectivity index (χ1v) is 7.08. The smallest absolute Gasteiger partial charge is 0.264 e. The maximum atomic E-state index is 13.1. The molecule has 0 saturated carbocycles. The van der Waals surface area contributed by atoms with E-state index in [1.807, 2.05) is 0 Å². The zero-order valence-corrected chi connectivity index (χ0v) is 12.6. The molecule has 0 spiro atoms. The van der Waals surface area contributed by atoms with Gasteiger partial charge in [0.1, 0.15) is 17.3 Å². The van der Waals surface area contributed by atoms with E-state index in [1.165, 1.54) is 35.2 Å². The number of aromatic nitrogens is 5. The van der Waals surface area contributed by atoms with Gasteiger partial charge in [0.25, 0.3) is 5.91 Å². The van der Waals surface area contributed by atoms with E-state index in [9.17, 15) is 9.18 Å². The molecule has 0 atom stereocenters. The molecule has 0 N–H and O–H groups in total. The summed E-state index contributed by atoms with van der Waals surface area (Å²) in [5.41, 5.74) is 1.96. The van der Waals surface area contributed by atoms with Crippen LogP contribution in [0.2, 0.25) is 5.15 Å². The van der Waals surface area contributed by atoms with Crippen LogP contribution in [0.4, 0.5) is 4.39 Å². The molecule has 0 saturated heterocycles. The van der Waals surface area contributed by atoms with E-state index < -0.39 is 5.82 Å². The Bertz CT molecular complexity index is 1070. The molecular weight excluding hydrogens is 321 g/mol. The first kappa shape index (κ1) is 13.8. The van der Waals surface area contributed by atoms with Gasteiger partial charge in [-0.15, -0.1) is 0 Å². The molecule has 0 aliphatic rings. The van der Waals surface area contributed by atoms with Crippen LogP contribution in [0.3, 0.4) is 0 Å². The molecule has 0 unspecified atom stereocenters. The van der Waals surface area contributed by atoms with E-state index in [4.69, 9.17) is 11.6 Å². The van der Waals surface area contributed by atoms with Crippen LogP contribution in [0, 0.1) is 5.82 Å². The lowest BCUT2D eigenvalue weighted by Crippen LogP contribution is -2.12. The quantitative estimate of drug-likeness (QED) is 0.504. The molecule has 0 radical (unpaired) electrons. The number of hydrogen-bond donors (Lipinski definition) is 0. The second-order valence-electron chi connectivity index (χ2n) is 5.01.